The molecule has 1 heterocycles. The van der Waals surface area contributed by atoms with E-state index in [0.717, 1.165) is 17.6 Å². The maximum Gasteiger partial charge on any atom is 0.251 e. The molecule has 0 bridgehead atoms. The molecular formula is C20H28N2O. The van der Waals surface area contributed by atoms with Crippen LogP contribution in [0.2, 0.25) is 0 Å². The molecule has 0 amide bonds. The second-order valence-corrected chi connectivity index (χ2v) is 4.92. The van der Waals surface area contributed by atoms with Crippen LogP contribution < -0.4 is 5.56 Å². The van der Waals surface area contributed by atoms with E-state index >= 15 is 0 Å². The van der Waals surface area contributed by atoms with Crippen LogP contribution in [0.15, 0.2) is 60.4 Å². The summed E-state index contributed by atoms with van der Waals surface area (Å²) in [7, 11) is 0. The standard InChI is InChI=1S/C14H14N2O.C3H8.C3H6/c1-3-10(2)14-15-12(9-13(17)16-14)11-7-5-4-6-8-11;2*1-3-2/h4-9H,2-3H2,1H3,(H,15,16,17);3H2,1-2H3;3H,1H2,2H3. The zero-order chi connectivity index (χ0) is 17.7. The van der Waals surface area contributed by atoms with Crippen molar-refractivity contribution >= 4 is 5.57 Å². The fourth-order valence-electron chi connectivity index (χ4n) is 1.55. The van der Waals surface area contributed by atoms with Gasteiger partial charge in [0, 0.05) is 11.6 Å². The van der Waals surface area contributed by atoms with Gasteiger partial charge in [-0.1, -0.05) is 70.2 Å². The minimum absolute atomic E-state index is 0.150. The lowest BCUT2D eigenvalue weighted by atomic mass is 10.1. The average Bonchev–Trinajstić information content (AvgIpc) is 2.56. The smallest absolute Gasteiger partial charge is 0.251 e. The Kier molecular flexibility index (Phi) is 10.9. The second kappa shape index (κ2) is 12.2. The Balaban J connectivity index is 0.000000704. The maximum absolute atomic E-state index is 11.6. The van der Waals surface area contributed by atoms with E-state index in [-0.39, 0.29) is 5.56 Å². The SMILES string of the molecule is C=C(CC)c1nc(-c2ccccc2)cc(=O)[nH]1.C=CC.CCC. The minimum Gasteiger partial charge on any atom is -0.307 e. The molecule has 3 heteroatoms. The van der Waals surface area contributed by atoms with Crippen molar-refractivity contribution in [1.29, 1.82) is 0 Å². The van der Waals surface area contributed by atoms with E-state index in [1.165, 1.54) is 12.5 Å². The lowest BCUT2D eigenvalue weighted by Crippen LogP contribution is -2.10. The lowest BCUT2D eigenvalue weighted by molar-refractivity contribution is 1.05. The Labute approximate surface area is 139 Å². The van der Waals surface area contributed by atoms with Gasteiger partial charge in [-0.2, -0.15) is 0 Å². The highest BCUT2D eigenvalue weighted by Gasteiger charge is 2.05. The molecule has 0 aliphatic rings. The molecule has 0 unspecified atom stereocenters. The van der Waals surface area contributed by atoms with Crippen LogP contribution >= 0.6 is 0 Å². The molecule has 1 aromatic heterocycles. The Morgan fingerprint density at radius 3 is 2.22 bits per heavy atom. The molecule has 2 aromatic rings. The maximum atomic E-state index is 11.6. The average molecular weight is 312 g/mol. The van der Waals surface area contributed by atoms with E-state index in [2.05, 4.69) is 37.0 Å². The summed E-state index contributed by atoms with van der Waals surface area (Å²) in [5.74, 6) is 0.568. The molecular weight excluding hydrogens is 284 g/mol. The molecule has 0 radical (unpaired) electrons. The molecule has 0 aliphatic heterocycles. The van der Waals surface area contributed by atoms with Gasteiger partial charge in [0.15, 0.2) is 0 Å². The third kappa shape index (κ3) is 7.96. The van der Waals surface area contributed by atoms with Crippen molar-refractivity contribution in [2.75, 3.05) is 0 Å². The number of nitrogens with zero attached hydrogens (tertiary/aromatic N) is 1. The van der Waals surface area contributed by atoms with Crippen LogP contribution in [0.4, 0.5) is 0 Å². The van der Waals surface area contributed by atoms with Crippen LogP contribution in [0.5, 0.6) is 0 Å². The topological polar surface area (TPSA) is 45.8 Å². The zero-order valence-corrected chi connectivity index (χ0v) is 14.7. The number of allylic oxidation sites excluding steroid dienone is 2. The molecule has 0 aliphatic carbocycles. The van der Waals surface area contributed by atoms with Crippen molar-refractivity contribution in [1.82, 2.24) is 9.97 Å². The van der Waals surface area contributed by atoms with Crippen LogP contribution in [0.1, 0.15) is 46.4 Å². The first-order valence-corrected chi connectivity index (χ1v) is 7.95. The number of benzene rings is 1. The van der Waals surface area contributed by atoms with E-state index in [4.69, 9.17) is 0 Å². The number of aromatic amines is 1. The van der Waals surface area contributed by atoms with Crippen molar-refractivity contribution in [3.05, 3.63) is 71.8 Å². The predicted molar refractivity (Wildman–Crippen MR) is 101 cm³/mol. The summed E-state index contributed by atoms with van der Waals surface area (Å²) in [6.45, 7) is 15.4. The van der Waals surface area contributed by atoms with Gasteiger partial charge in [0.1, 0.15) is 5.82 Å². The van der Waals surface area contributed by atoms with Gasteiger partial charge < -0.3 is 4.98 Å². The molecule has 0 fully saturated rings. The first-order valence-electron chi connectivity index (χ1n) is 7.95. The number of hydrogen-bond acceptors (Lipinski definition) is 2. The largest absolute Gasteiger partial charge is 0.307 e. The van der Waals surface area contributed by atoms with Gasteiger partial charge in [-0.05, 0) is 18.9 Å². The van der Waals surface area contributed by atoms with Gasteiger partial charge in [0.2, 0.25) is 0 Å². The Bertz CT molecular complexity index is 642. The first-order chi connectivity index (χ1) is 11.0. The molecule has 0 saturated carbocycles. The summed E-state index contributed by atoms with van der Waals surface area (Å²) in [6.07, 6.45) is 3.77. The fraction of sp³-hybridized carbons (Fsp3) is 0.300. The second-order valence-electron chi connectivity index (χ2n) is 4.92. The van der Waals surface area contributed by atoms with Crippen LogP contribution in [-0.2, 0) is 0 Å². The van der Waals surface area contributed by atoms with Crippen LogP contribution in [0, 0.1) is 0 Å². The molecule has 3 nitrogen and oxygen atoms in total. The monoisotopic (exact) mass is 312 g/mol. The number of rotatable bonds is 3. The van der Waals surface area contributed by atoms with Gasteiger partial charge in [0.25, 0.3) is 5.56 Å². The third-order valence-electron chi connectivity index (χ3n) is 2.57. The van der Waals surface area contributed by atoms with Crippen molar-refractivity contribution in [3.8, 4) is 11.3 Å². The number of aromatic nitrogens is 2. The van der Waals surface area contributed by atoms with Gasteiger partial charge in [-0.25, -0.2) is 4.98 Å². The molecule has 0 spiro atoms. The van der Waals surface area contributed by atoms with Crippen LogP contribution in [0.25, 0.3) is 16.8 Å². The van der Waals surface area contributed by atoms with Gasteiger partial charge in [0.05, 0.1) is 5.69 Å². The van der Waals surface area contributed by atoms with Crippen molar-refractivity contribution in [2.24, 2.45) is 0 Å². The minimum atomic E-state index is -0.150. The Morgan fingerprint density at radius 2 is 1.74 bits per heavy atom. The summed E-state index contributed by atoms with van der Waals surface area (Å²) in [6, 6.07) is 11.1. The third-order valence-corrected chi connectivity index (χ3v) is 2.57. The summed E-state index contributed by atoms with van der Waals surface area (Å²) >= 11 is 0. The highest BCUT2D eigenvalue weighted by molar-refractivity contribution is 5.62. The number of nitrogens with one attached hydrogen (secondary N) is 1. The van der Waals surface area contributed by atoms with E-state index in [1.54, 1.807) is 6.08 Å². The van der Waals surface area contributed by atoms with Crippen molar-refractivity contribution < 1.29 is 0 Å². The summed E-state index contributed by atoms with van der Waals surface area (Å²) in [5.41, 5.74) is 2.30. The van der Waals surface area contributed by atoms with E-state index in [0.29, 0.717) is 11.5 Å². The van der Waals surface area contributed by atoms with Crippen LogP contribution in [0.3, 0.4) is 0 Å². The summed E-state index contributed by atoms with van der Waals surface area (Å²) < 4.78 is 0. The van der Waals surface area contributed by atoms with Crippen LogP contribution in [-0.4, -0.2) is 9.97 Å². The number of H-pyrrole nitrogens is 1. The molecule has 1 aromatic carbocycles. The van der Waals surface area contributed by atoms with Gasteiger partial charge in [-0.3, -0.25) is 4.79 Å². The zero-order valence-electron chi connectivity index (χ0n) is 14.7. The molecule has 23 heavy (non-hydrogen) atoms. The van der Waals surface area contributed by atoms with Crippen molar-refractivity contribution in [2.45, 2.75) is 40.5 Å². The highest BCUT2D eigenvalue weighted by atomic mass is 16.1. The lowest BCUT2D eigenvalue weighted by Gasteiger charge is -2.05. The molecule has 0 atom stereocenters. The Hall–Kier alpha value is -2.42. The summed E-state index contributed by atoms with van der Waals surface area (Å²) in [4.78, 5) is 18.7. The van der Waals surface area contributed by atoms with Crippen molar-refractivity contribution in [3.63, 3.8) is 0 Å². The number of hydrogen-bond donors (Lipinski definition) is 1. The Morgan fingerprint density at radius 1 is 1.22 bits per heavy atom. The first kappa shape index (κ1) is 20.6. The molecule has 1 N–H and O–H groups in total. The van der Waals surface area contributed by atoms with Gasteiger partial charge >= 0.3 is 0 Å². The van der Waals surface area contributed by atoms with E-state index < -0.39 is 0 Å². The van der Waals surface area contributed by atoms with Gasteiger partial charge in [-0.15, -0.1) is 6.58 Å². The molecule has 2 rings (SSSR count). The normalized spacial score (nSPS) is 8.87. The fourth-order valence-corrected chi connectivity index (χ4v) is 1.55. The summed E-state index contributed by atoms with van der Waals surface area (Å²) in [5, 5.41) is 0. The molecule has 124 valence electrons. The predicted octanol–water partition coefficient (Wildman–Crippen LogP) is 5.47. The van der Waals surface area contributed by atoms with E-state index in [1.807, 2.05) is 44.2 Å². The molecule has 0 saturated heterocycles. The highest BCUT2D eigenvalue weighted by Crippen LogP contribution is 2.17. The van der Waals surface area contributed by atoms with E-state index in [9.17, 15) is 4.79 Å². The quantitative estimate of drug-likeness (QED) is 0.764.